The SMILES string of the molecule is O=C1CNCN1CCC1C2CC3CC(C2)CC1C3. The first-order chi connectivity index (χ1) is 8.79. The van der Waals surface area contributed by atoms with Crippen molar-refractivity contribution in [3.05, 3.63) is 0 Å². The van der Waals surface area contributed by atoms with Gasteiger partial charge in [0.15, 0.2) is 0 Å². The van der Waals surface area contributed by atoms with Gasteiger partial charge in [0.05, 0.1) is 13.2 Å². The maximum absolute atomic E-state index is 11.6. The second kappa shape index (κ2) is 4.22. The zero-order chi connectivity index (χ0) is 12.1. The van der Waals surface area contributed by atoms with Gasteiger partial charge in [-0.2, -0.15) is 0 Å². The number of amides is 1. The molecule has 1 saturated heterocycles. The number of nitrogens with zero attached hydrogens (tertiary/aromatic N) is 1. The Kier molecular flexibility index (Phi) is 2.65. The van der Waals surface area contributed by atoms with Crippen LogP contribution in [0.25, 0.3) is 0 Å². The van der Waals surface area contributed by atoms with Crippen LogP contribution in [-0.4, -0.2) is 30.6 Å². The molecule has 0 aromatic heterocycles. The van der Waals surface area contributed by atoms with Crippen LogP contribution in [0.4, 0.5) is 0 Å². The van der Waals surface area contributed by atoms with Crippen molar-refractivity contribution in [2.75, 3.05) is 19.8 Å². The lowest BCUT2D eigenvalue weighted by atomic mass is 9.51. The van der Waals surface area contributed by atoms with E-state index in [1.807, 2.05) is 4.90 Å². The van der Waals surface area contributed by atoms with E-state index in [0.717, 1.165) is 42.8 Å². The lowest BCUT2D eigenvalue weighted by molar-refractivity contribution is -0.127. The maximum atomic E-state index is 11.6. The zero-order valence-electron chi connectivity index (χ0n) is 11.1. The Balaban J connectivity index is 1.38. The predicted octanol–water partition coefficient (Wildman–Crippen LogP) is 1.84. The van der Waals surface area contributed by atoms with Crippen LogP contribution in [0.1, 0.15) is 38.5 Å². The molecule has 0 aromatic rings. The van der Waals surface area contributed by atoms with Crippen LogP contribution in [0.5, 0.6) is 0 Å². The van der Waals surface area contributed by atoms with Crippen LogP contribution in [0.3, 0.4) is 0 Å². The first-order valence-electron chi connectivity index (χ1n) is 7.78. The quantitative estimate of drug-likeness (QED) is 0.826. The largest absolute Gasteiger partial charge is 0.329 e. The van der Waals surface area contributed by atoms with Gasteiger partial charge in [0.25, 0.3) is 0 Å². The van der Waals surface area contributed by atoms with Crippen molar-refractivity contribution in [3.63, 3.8) is 0 Å². The van der Waals surface area contributed by atoms with Gasteiger partial charge < -0.3 is 4.90 Å². The third-order valence-corrected chi connectivity index (χ3v) is 6.09. The molecule has 0 unspecified atom stereocenters. The number of hydrogen-bond donors (Lipinski definition) is 1. The molecule has 3 heteroatoms. The third kappa shape index (κ3) is 1.78. The second-order valence-corrected chi connectivity index (χ2v) is 7.13. The summed E-state index contributed by atoms with van der Waals surface area (Å²) < 4.78 is 0. The fraction of sp³-hybridized carbons (Fsp3) is 0.933. The van der Waals surface area contributed by atoms with Crippen molar-refractivity contribution in [1.29, 1.82) is 0 Å². The molecule has 5 fully saturated rings. The standard InChI is InChI=1S/C15H24N2O/c18-15-8-16-9-17(15)2-1-14-12-4-10-3-11(6-12)7-13(14)5-10/h10-14,16H,1-9H2. The molecule has 1 aliphatic heterocycles. The summed E-state index contributed by atoms with van der Waals surface area (Å²) >= 11 is 0. The van der Waals surface area contributed by atoms with Gasteiger partial charge in [-0.25, -0.2) is 0 Å². The van der Waals surface area contributed by atoms with Crippen molar-refractivity contribution in [1.82, 2.24) is 10.2 Å². The van der Waals surface area contributed by atoms with E-state index in [2.05, 4.69) is 5.32 Å². The monoisotopic (exact) mass is 248 g/mol. The summed E-state index contributed by atoms with van der Waals surface area (Å²) in [5.41, 5.74) is 0. The molecule has 0 aromatic carbocycles. The average Bonchev–Trinajstić information content (AvgIpc) is 2.73. The molecule has 1 amide bonds. The summed E-state index contributed by atoms with van der Waals surface area (Å²) in [6, 6.07) is 0. The van der Waals surface area contributed by atoms with Gasteiger partial charge in [-0.3, -0.25) is 10.1 Å². The number of hydrogen-bond acceptors (Lipinski definition) is 2. The number of carbonyl (C=O) groups excluding carboxylic acids is 1. The highest BCUT2D eigenvalue weighted by molar-refractivity contribution is 5.79. The maximum Gasteiger partial charge on any atom is 0.237 e. The van der Waals surface area contributed by atoms with Gasteiger partial charge in [0, 0.05) is 6.54 Å². The number of carbonyl (C=O) groups is 1. The van der Waals surface area contributed by atoms with Gasteiger partial charge in [-0.15, -0.1) is 0 Å². The molecule has 100 valence electrons. The Bertz CT molecular complexity index is 326. The van der Waals surface area contributed by atoms with Crippen LogP contribution in [0.15, 0.2) is 0 Å². The molecule has 5 aliphatic rings. The second-order valence-electron chi connectivity index (χ2n) is 7.13. The van der Waals surface area contributed by atoms with Crippen molar-refractivity contribution in [3.8, 4) is 0 Å². The average molecular weight is 248 g/mol. The molecule has 18 heavy (non-hydrogen) atoms. The summed E-state index contributed by atoms with van der Waals surface area (Å²) in [6.07, 6.45) is 8.82. The number of rotatable bonds is 3. The first-order valence-corrected chi connectivity index (χ1v) is 7.78. The molecule has 0 spiro atoms. The highest BCUT2D eigenvalue weighted by atomic mass is 16.2. The van der Waals surface area contributed by atoms with Gasteiger partial charge >= 0.3 is 0 Å². The van der Waals surface area contributed by atoms with Crippen molar-refractivity contribution in [2.24, 2.45) is 29.6 Å². The third-order valence-electron chi connectivity index (χ3n) is 6.09. The highest BCUT2D eigenvalue weighted by Crippen LogP contribution is 2.57. The Morgan fingerprint density at radius 1 is 1.06 bits per heavy atom. The minimum atomic E-state index is 0.304. The van der Waals surface area contributed by atoms with E-state index in [1.165, 1.54) is 38.5 Å². The Morgan fingerprint density at radius 3 is 2.28 bits per heavy atom. The molecule has 5 rings (SSSR count). The summed E-state index contributed by atoms with van der Waals surface area (Å²) in [5.74, 6) is 5.39. The van der Waals surface area contributed by atoms with E-state index in [-0.39, 0.29) is 0 Å². The summed E-state index contributed by atoms with van der Waals surface area (Å²) in [5, 5.41) is 3.15. The van der Waals surface area contributed by atoms with Gasteiger partial charge in [-0.05, 0) is 68.1 Å². The smallest absolute Gasteiger partial charge is 0.237 e. The normalized spacial score (nSPS) is 46.1. The minimum Gasteiger partial charge on any atom is -0.329 e. The van der Waals surface area contributed by atoms with Crippen LogP contribution in [0, 0.1) is 29.6 Å². The van der Waals surface area contributed by atoms with Crippen molar-refractivity contribution < 1.29 is 4.79 Å². The van der Waals surface area contributed by atoms with Crippen LogP contribution in [-0.2, 0) is 4.79 Å². The molecule has 0 atom stereocenters. The van der Waals surface area contributed by atoms with Crippen molar-refractivity contribution in [2.45, 2.75) is 38.5 Å². The van der Waals surface area contributed by atoms with E-state index in [4.69, 9.17) is 0 Å². The van der Waals surface area contributed by atoms with E-state index in [9.17, 15) is 4.79 Å². The van der Waals surface area contributed by atoms with E-state index >= 15 is 0 Å². The summed E-state index contributed by atoms with van der Waals surface area (Å²) in [6.45, 7) is 2.34. The van der Waals surface area contributed by atoms with Crippen LogP contribution in [0.2, 0.25) is 0 Å². The minimum absolute atomic E-state index is 0.304. The fourth-order valence-corrected chi connectivity index (χ4v) is 5.52. The van der Waals surface area contributed by atoms with Crippen LogP contribution >= 0.6 is 0 Å². The van der Waals surface area contributed by atoms with Gasteiger partial charge in [0.1, 0.15) is 0 Å². The Morgan fingerprint density at radius 2 is 1.72 bits per heavy atom. The van der Waals surface area contributed by atoms with Gasteiger partial charge in [0.2, 0.25) is 5.91 Å². The Hall–Kier alpha value is -0.570. The molecule has 0 radical (unpaired) electrons. The lowest BCUT2D eigenvalue weighted by Crippen LogP contribution is -2.46. The molecule has 3 nitrogen and oxygen atoms in total. The molecule has 4 bridgehead atoms. The molecule has 1 N–H and O–H groups in total. The first kappa shape index (κ1) is 11.3. The molecule has 4 saturated carbocycles. The van der Waals surface area contributed by atoms with Crippen LogP contribution < -0.4 is 5.32 Å². The predicted molar refractivity (Wildman–Crippen MR) is 69.7 cm³/mol. The Labute approximate surface area is 109 Å². The van der Waals surface area contributed by atoms with E-state index < -0.39 is 0 Å². The summed E-state index contributed by atoms with van der Waals surface area (Å²) in [7, 11) is 0. The molecule has 4 aliphatic carbocycles. The fourth-order valence-electron chi connectivity index (χ4n) is 5.52. The van der Waals surface area contributed by atoms with Crippen molar-refractivity contribution >= 4 is 5.91 Å². The van der Waals surface area contributed by atoms with E-state index in [0.29, 0.717) is 12.5 Å². The topological polar surface area (TPSA) is 32.3 Å². The lowest BCUT2D eigenvalue weighted by Gasteiger charge is -2.54. The summed E-state index contributed by atoms with van der Waals surface area (Å²) in [4.78, 5) is 13.6. The molecular weight excluding hydrogens is 224 g/mol. The highest BCUT2D eigenvalue weighted by Gasteiger charge is 2.47. The van der Waals surface area contributed by atoms with E-state index in [1.54, 1.807) is 0 Å². The number of nitrogens with one attached hydrogen (secondary N) is 1. The molecular formula is C15H24N2O. The van der Waals surface area contributed by atoms with Gasteiger partial charge in [-0.1, -0.05) is 0 Å². The molecule has 1 heterocycles. The zero-order valence-corrected chi connectivity index (χ0v) is 11.1.